The molecule has 1 heterocycles. The van der Waals surface area contributed by atoms with Crippen molar-refractivity contribution in [1.82, 2.24) is 10.3 Å². The van der Waals surface area contributed by atoms with Gasteiger partial charge in [-0.3, -0.25) is 9.78 Å². The molecule has 1 unspecified atom stereocenters. The third-order valence-corrected chi connectivity index (χ3v) is 2.33. The summed E-state index contributed by atoms with van der Waals surface area (Å²) < 4.78 is 0. The van der Waals surface area contributed by atoms with E-state index in [2.05, 4.69) is 17.2 Å². The van der Waals surface area contributed by atoms with E-state index in [1.165, 1.54) is 0 Å². The third kappa shape index (κ3) is 3.35. The fraction of sp³-hybridized carbons (Fsp3) is 0.500. The predicted molar refractivity (Wildman–Crippen MR) is 60.5 cm³/mol. The molecular weight excluding hydrogens is 188 g/mol. The van der Waals surface area contributed by atoms with Crippen LogP contribution in [0, 0.1) is 0 Å². The number of aromatic nitrogens is 1. The minimum Gasteiger partial charge on any atom is -0.348 e. The van der Waals surface area contributed by atoms with Crippen LogP contribution < -0.4 is 5.32 Å². The zero-order chi connectivity index (χ0) is 11.3. The molecule has 0 saturated carbocycles. The van der Waals surface area contributed by atoms with E-state index in [0.717, 1.165) is 17.8 Å². The molecule has 0 bridgehead atoms. The molecule has 0 aromatic carbocycles. The van der Waals surface area contributed by atoms with Crippen molar-refractivity contribution in [1.29, 1.82) is 0 Å². The number of nitrogens with one attached hydrogen (secondary N) is 1. The molecule has 0 aliphatic carbocycles. The smallest absolute Gasteiger partial charge is 0.220 e. The van der Waals surface area contributed by atoms with E-state index in [0.29, 0.717) is 6.42 Å². The summed E-state index contributed by atoms with van der Waals surface area (Å²) >= 11 is 0. The minimum absolute atomic E-state index is 0.0102. The van der Waals surface area contributed by atoms with Crippen LogP contribution in [0.15, 0.2) is 18.2 Å². The summed E-state index contributed by atoms with van der Waals surface area (Å²) in [6, 6.07) is 5.91. The molecule has 15 heavy (non-hydrogen) atoms. The van der Waals surface area contributed by atoms with Crippen molar-refractivity contribution < 1.29 is 4.79 Å². The van der Waals surface area contributed by atoms with Crippen molar-refractivity contribution in [3.63, 3.8) is 0 Å². The lowest BCUT2D eigenvalue weighted by atomic mass is 10.2. The molecule has 0 radical (unpaired) electrons. The Bertz CT molecular complexity index is 336. The molecule has 0 fully saturated rings. The van der Waals surface area contributed by atoms with Crippen LogP contribution in [-0.4, -0.2) is 10.9 Å². The Morgan fingerprint density at radius 2 is 2.20 bits per heavy atom. The van der Waals surface area contributed by atoms with Crippen LogP contribution >= 0.6 is 0 Å². The molecule has 3 heteroatoms. The van der Waals surface area contributed by atoms with E-state index in [1.807, 2.05) is 32.0 Å². The van der Waals surface area contributed by atoms with E-state index < -0.39 is 0 Å². The van der Waals surface area contributed by atoms with Gasteiger partial charge in [-0.05, 0) is 25.5 Å². The number of aryl methyl sites for hydroxylation is 1. The highest BCUT2D eigenvalue weighted by Gasteiger charge is 2.09. The number of rotatable bonds is 4. The number of pyridine rings is 1. The summed E-state index contributed by atoms with van der Waals surface area (Å²) in [5, 5.41) is 2.90. The van der Waals surface area contributed by atoms with Crippen molar-refractivity contribution in [2.75, 3.05) is 0 Å². The Labute approximate surface area is 90.9 Å². The van der Waals surface area contributed by atoms with Gasteiger partial charge in [-0.25, -0.2) is 0 Å². The molecule has 1 atom stereocenters. The molecule has 0 spiro atoms. The molecule has 1 rings (SSSR count). The van der Waals surface area contributed by atoms with E-state index in [9.17, 15) is 4.79 Å². The second-order valence-electron chi connectivity index (χ2n) is 3.55. The van der Waals surface area contributed by atoms with Gasteiger partial charge in [-0.1, -0.05) is 19.9 Å². The Morgan fingerprint density at radius 1 is 1.47 bits per heavy atom. The van der Waals surface area contributed by atoms with Crippen LogP contribution in [0.4, 0.5) is 0 Å². The fourth-order valence-corrected chi connectivity index (χ4v) is 1.35. The van der Waals surface area contributed by atoms with Gasteiger partial charge in [0.05, 0.1) is 11.7 Å². The lowest BCUT2D eigenvalue weighted by molar-refractivity contribution is -0.121. The number of carbonyl (C=O) groups excluding carboxylic acids is 1. The molecule has 0 aliphatic heterocycles. The summed E-state index contributed by atoms with van der Waals surface area (Å²) in [6.07, 6.45) is 1.43. The molecule has 82 valence electrons. The second kappa shape index (κ2) is 5.49. The van der Waals surface area contributed by atoms with Crippen LogP contribution in [0.5, 0.6) is 0 Å². The average molecular weight is 206 g/mol. The summed E-state index contributed by atoms with van der Waals surface area (Å²) in [4.78, 5) is 15.7. The number of carbonyl (C=O) groups is 1. The fourth-order valence-electron chi connectivity index (χ4n) is 1.35. The minimum atomic E-state index is -0.0102. The number of nitrogens with zero attached hydrogens (tertiary/aromatic N) is 1. The second-order valence-corrected chi connectivity index (χ2v) is 3.55. The number of amides is 1. The highest BCUT2D eigenvalue weighted by Crippen LogP contribution is 2.10. The van der Waals surface area contributed by atoms with Gasteiger partial charge in [0.1, 0.15) is 0 Å². The lowest BCUT2D eigenvalue weighted by Crippen LogP contribution is -2.26. The number of hydrogen-bond donors (Lipinski definition) is 1. The Balaban J connectivity index is 2.72. The van der Waals surface area contributed by atoms with Gasteiger partial charge in [0, 0.05) is 12.1 Å². The normalized spacial score (nSPS) is 12.2. The van der Waals surface area contributed by atoms with Gasteiger partial charge in [0.2, 0.25) is 5.91 Å². The molecule has 1 N–H and O–H groups in total. The summed E-state index contributed by atoms with van der Waals surface area (Å²) in [5.41, 5.74) is 1.99. The predicted octanol–water partition coefficient (Wildman–Crippen LogP) is 2.23. The van der Waals surface area contributed by atoms with Gasteiger partial charge in [0.25, 0.3) is 0 Å². The molecule has 0 aliphatic rings. The lowest BCUT2D eigenvalue weighted by Gasteiger charge is -2.13. The maximum Gasteiger partial charge on any atom is 0.220 e. The van der Waals surface area contributed by atoms with Gasteiger partial charge in [-0.2, -0.15) is 0 Å². The van der Waals surface area contributed by atoms with Crippen LogP contribution in [0.1, 0.15) is 44.6 Å². The maximum atomic E-state index is 11.2. The van der Waals surface area contributed by atoms with Gasteiger partial charge >= 0.3 is 0 Å². The highest BCUT2D eigenvalue weighted by molar-refractivity contribution is 5.75. The highest BCUT2D eigenvalue weighted by atomic mass is 16.1. The summed E-state index contributed by atoms with van der Waals surface area (Å²) in [5.74, 6) is 0.0613. The van der Waals surface area contributed by atoms with E-state index in [4.69, 9.17) is 0 Å². The number of hydrogen-bond acceptors (Lipinski definition) is 2. The first-order valence-electron chi connectivity index (χ1n) is 5.42. The standard InChI is InChI=1S/C12H18N2O/c1-4-10-7-6-8-11(14-10)9(3)13-12(15)5-2/h6-9H,4-5H2,1-3H3,(H,13,15). The van der Waals surface area contributed by atoms with E-state index in [1.54, 1.807) is 0 Å². The summed E-state index contributed by atoms with van der Waals surface area (Å²) in [6.45, 7) is 5.87. The molecule has 1 aromatic rings. The first kappa shape index (κ1) is 11.7. The van der Waals surface area contributed by atoms with Gasteiger partial charge < -0.3 is 5.32 Å². The Morgan fingerprint density at radius 3 is 2.80 bits per heavy atom. The van der Waals surface area contributed by atoms with Gasteiger partial charge in [-0.15, -0.1) is 0 Å². The van der Waals surface area contributed by atoms with Crippen molar-refractivity contribution in [2.45, 2.75) is 39.7 Å². The van der Waals surface area contributed by atoms with Crippen LogP contribution in [0.2, 0.25) is 0 Å². The molecule has 0 saturated heterocycles. The van der Waals surface area contributed by atoms with Crippen molar-refractivity contribution in [3.8, 4) is 0 Å². The molecule has 3 nitrogen and oxygen atoms in total. The monoisotopic (exact) mass is 206 g/mol. The topological polar surface area (TPSA) is 42.0 Å². The van der Waals surface area contributed by atoms with Crippen molar-refractivity contribution in [2.24, 2.45) is 0 Å². The van der Waals surface area contributed by atoms with Crippen LogP contribution in [0.25, 0.3) is 0 Å². The van der Waals surface area contributed by atoms with Crippen molar-refractivity contribution in [3.05, 3.63) is 29.6 Å². The molecular formula is C12H18N2O. The quantitative estimate of drug-likeness (QED) is 0.820. The van der Waals surface area contributed by atoms with Crippen LogP contribution in [-0.2, 0) is 11.2 Å². The zero-order valence-corrected chi connectivity index (χ0v) is 9.58. The largest absolute Gasteiger partial charge is 0.348 e. The first-order chi connectivity index (χ1) is 7.17. The van der Waals surface area contributed by atoms with Gasteiger partial charge in [0.15, 0.2) is 0 Å². The zero-order valence-electron chi connectivity index (χ0n) is 9.58. The molecule has 1 amide bonds. The SMILES string of the molecule is CCC(=O)NC(C)c1cccc(CC)n1. The van der Waals surface area contributed by atoms with E-state index in [-0.39, 0.29) is 11.9 Å². The Kier molecular flexibility index (Phi) is 4.28. The van der Waals surface area contributed by atoms with E-state index >= 15 is 0 Å². The maximum absolute atomic E-state index is 11.2. The Hall–Kier alpha value is -1.38. The average Bonchev–Trinajstić information content (AvgIpc) is 2.28. The summed E-state index contributed by atoms with van der Waals surface area (Å²) in [7, 11) is 0. The van der Waals surface area contributed by atoms with Crippen molar-refractivity contribution >= 4 is 5.91 Å². The third-order valence-electron chi connectivity index (χ3n) is 2.33. The first-order valence-corrected chi connectivity index (χ1v) is 5.42. The van der Waals surface area contributed by atoms with Crippen LogP contribution in [0.3, 0.4) is 0 Å². The molecule has 1 aromatic heterocycles.